The summed E-state index contributed by atoms with van der Waals surface area (Å²) in [6.45, 7) is 6.48. The highest BCUT2D eigenvalue weighted by Gasteiger charge is 2.16. The lowest BCUT2D eigenvalue weighted by Gasteiger charge is -2.30. The molecule has 0 unspecified atom stereocenters. The number of likely N-dealkylation sites (tertiary alicyclic amines) is 1. The highest BCUT2D eigenvalue weighted by atomic mass is 16.5. The molecule has 1 atom stereocenters. The molecule has 0 bridgehead atoms. The Morgan fingerprint density at radius 1 is 1.11 bits per heavy atom. The van der Waals surface area contributed by atoms with Crippen LogP contribution in [-0.2, 0) is 6.54 Å². The second kappa shape index (κ2) is 10.1. The Labute approximate surface area is 167 Å². The Morgan fingerprint density at radius 3 is 2.50 bits per heavy atom. The van der Waals surface area contributed by atoms with Crippen LogP contribution in [0.1, 0.15) is 35.7 Å². The van der Waals surface area contributed by atoms with Crippen molar-refractivity contribution >= 4 is 5.91 Å². The predicted molar refractivity (Wildman–Crippen MR) is 111 cm³/mol. The minimum Gasteiger partial charge on any atom is -0.497 e. The predicted octanol–water partition coefficient (Wildman–Crippen LogP) is 3.74. The SMILES string of the molecule is COc1ccc(OCCNC(=O)c2ccc(CN3CCC[C@@H](C)C3)cc2)cc1. The van der Waals surface area contributed by atoms with Crippen molar-refractivity contribution in [3.8, 4) is 11.5 Å². The summed E-state index contributed by atoms with van der Waals surface area (Å²) in [7, 11) is 1.63. The quantitative estimate of drug-likeness (QED) is 0.707. The van der Waals surface area contributed by atoms with Crippen molar-refractivity contribution < 1.29 is 14.3 Å². The maximum atomic E-state index is 12.3. The van der Waals surface area contributed by atoms with Crippen molar-refractivity contribution in [3.05, 3.63) is 59.7 Å². The van der Waals surface area contributed by atoms with Crippen LogP contribution < -0.4 is 14.8 Å². The Bertz CT molecular complexity index is 743. The molecule has 3 rings (SSSR count). The Morgan fingerprint density at radius 2 is 1.82 bits per heavy atom. The van der Waals surface area contributed by atoms with Gasteiger partial charge in [0.2, 0.25) is 0 Å². The fraction of sp³-hybridized carbons (Fsp3) is 0.435. The van der Waals surface area contributed by atoms with E-state index in [4.69, 9.17) is 9.47 Å². The van der Waals surface area contributed by atoms with Crippen LogP contribution in [0.2, 0.25) is 0 Å². The summed E-state index contributed by atoms with van der Waals surface area (Å²) >= 11 is 0. The van der Waals surface area contributed by atoms with Crippen LogP contribution >= 0.6 is 0 Å². The van der Waals surface area contributed by atoms with Gasteiger partial charge in [0.15, 0.2) is 0 Å². The lowest BCUT2D eigenvalue weighted by molar-refractivity contribution is 0.0947. The van der Waals surface area contributed by atoms with Crippen molar-refractivity contribution in [3.63, 3.8) is 0 Å². The Balaban J connectivity index is 1.40. The molecule has 1 saturated heterocycles. The average molecular weight is 383 g/mol. The molecule has 2 aromatic rings. The third-order valence-electron chi connectivity index (χ3n) is 5.08. The van der Waals surface area contributed by atoms with Gasteiger partial charge in [-0.3, -0.25) is 9.69 Å². The zero-order chi connectivity index (χ0) is 19.8. The van der Waals surface area contributed by atoms with Crippen LogP contribution in [0.3, 0.4) is 0 Å². The molecular formula is C23H30N2O3. The van der Waals surface area contributed by atoms with Gasteiger partial charge in [-0.15, -0.1) is 0 Å². The number of carbonyl (C=O) groups is 1. The second-order valence-corrected chi connectivity index (χ2v) is 7.46. The van der Waals surface area contributed by atoms with Crippen molar-refractivity contribution in [2.24, 2.45) is 5.92 Å². The molecule has 1 fully saturated rings. The fourth-order valence-corrected chi connectivity index (χ4v) is 3.56. The van der Waals surface area contributed by atoms with Crippen molar-refractivity contribution in [2.75, 3.05) is 33.4 Å². The Hall–Kier alpha value is -2.53. The zero-order valence-corrected chi connectivity index (χ0v) is 16.8. The van der Waals surface area contributed by atoms with E-state index in [9.17, 15) is 4.79 Å². The molecule has 1 aliphatic heterocycles. The second-order valence-electron chi connectivity index (χ2n) is 7.46. The van der Waals surface area contributed by atoms with Crippen LogP contribution in [0.15, 0.2) is 48.5 Å². The minimum absolute atomic E-state index is 0.0727. The number of nitrogens with zero attached hydrogens (tertiary/aromatic N) is 1. The highest BCUT2D eigenvalue weighted by molar-refractivity contribution is 5.94. The molecule has 1 aliphatic rings. The molecule has 150 valence electrons. The molecule has 5 nitrogen and oxygen atoms in total. The first-order chi connectivity index (χ1) is 13.6. The number of ether oxygens (including phenoxy) is 2. The number of hydrogen-bond donors (Lipinski definition) is 1. The molecule has 5 heteroatoms. The van der Waals surface area contributed by atoms with Gasteiger partial charge in [0.25, 0.3) is 5.91 Å². The molecule has 2 aromatic carbocycles. The third-order valence-corrected chi connectivity index (χ3v) is 5.08. The lowest BCUT2D eigenvalue weighted by atomic mass is 9.99. The van der Waals surface area contributed by atoms with Gasteiger partial charge >= 0.3 is 0 Å². The summed E-state index contributed by atoms with van der Waals surface area (Å²) in [4.78, 5) is 14.8. The topological polar surface area (TPSA) is 50.8 Å². The molecule has 1 heterocycles. The summed E-state index contributed by atoms with van der Waals surface area (Å²) < 4.78 is 10.7. The first-order valence-electron chi connectivity index (χ1n) is 10.0. The maximum absolute atomic E-state index is 12.3. The summed E-state index contributed by atoms with van der Waals surface area (Å²) in [5.41, 5.74) is 1.94. The summed E-state index contributed by atoms with van der Waals surface area (Å²) in [5, 5.41) is 2.90. The summed E-state index contributed by atoms with van der Waals surface area (Å²) in [6, 6.07) is 15.3. The van der Waals surface area contributed by atoms with Gasteiger partial charge in [-0.2, -0.15) is 0 Å². The molecule has 28 heavy (non-hydrogen) atoms. The van der Waals surface area contributed by atoms with Gasteiger partial charge < -0.3 is 14.8 Å². The summed E-state index contributed by atoms with van der Waals surface area (Å²) in [5.74, 6) is 2.25. The number of nitrogens with one attached hydrogen (secondary N) is 1. The zero-order valence-electron chi connectivity index (χ0n) is 16.8. The largest absolute Gasteiger partial charge is 0.497 e. The molecule has 0 spiro atoms. The molecule has 0 aliphatic carbocycles. The van der Waals surface area contributed by atoms with Gasteiger partial charge in [-0.05, 0) is 67.3 Å². The van der Waals surface area contributed by atoms with E-state index in [1.54, 1.807) is 7.11 Å². The summed E-state index contributed by atoms with van der Waals surface area (Å²) in [6.07, 6.45) is 2.61. The van der Waals surface area contributed by atoms with Crippen molar-refractivity contribution in [1.82, 2.24) is 10.2 Å². The van der Waals surface area contributed by atoms with Crippen LogP contribution in [0.25, 0.3) is 0 Å². The smallest absolute Gasteiger partial charge is 0.251 e. The average Bonchev–Trinajstić information content (AvgIpc) is 2.72. The number of carbonyl (C=O) groups excluding carboxylic acids is 1. The molecular weight excluding hydrogens is 352 g/mol. The minimum atomic E-state index is -0.0727. The Kier molecular flexibility index (Phi) is 7.31. The van der Waals surface area contributed by atoms with Gasteiger partial charge in [0.1, 0.15) is 18.1 Å². The number of piperidine rings is 1. The first kappa shape index (κ1) is 20.2. The number of hydrogen-bond acceptors (Lipinski definition) is 4. The molecule has 1 N–H and O–H groups in total. The van der Waals surface area contributed by atoms with E-state index < -0.39 is 0 Å². The number of rotatable bonds is 8. The standard InChI is InChI=1S/C23H30N2O3/c1-18-4-3-14-25(16-18)17-19-5-7-20(8-6-19)23(26)24-13-15-28-22-11-9-21(27-2)10-12-22/h5-12,18H,3-4,13-17H2,1-2H3,(H,24,26)/t18-/m1/s1. The fourth-order valence-electron chi connectivity index (χ4n) is 3.56. The van der Waals surface area contributed by atoms with Gasteiger partial charge in [-0.25, -0.2) is 0 Å². The highest BCUT2D eigenvalue weighted by Crippen LogP contribution is 2.18. The van der Waals surface area contributed by atoms with Crippen LogP contribution in [0.4, 0.5) is 0 Å². The molecule has 0 radical (unpaired) electrons. The van der Waals surface area contributed by atoms with Gasteiger partial charge in [-0.1, -0.05) is 19.1 Å². The number of benzene rings is 2. The van der Waals surface area contributed by atoms with Gasteiger partial charge in [0, 0.05) is 18.7 Å². The van der Waals surface area contributed by atoms with Crippen LogP contribution in [0, 0.1) is 5.92 Å². The monoisotopic (exact) mass is 382 g/mol. The lowest BCUT2D eigenvalue weighted by Crippen LogP contribution is -2.33. The van der Waals surface area contributed by atoms with E-state index in [1.165, 1.54) is 24.9 Å². The number of methoxy groups -OCH3 is 1. The van der Waals surface area contributed by atoms with Crippen LogP contribution in [-0.4, -0.2) is 44.2 Å². The molecule has 0 aromatic heterocycles. The van der Waals surface area contributed by atoms with E-state index in [1.807, 2.05) is 36.4 Å². The molecule has 0 saturated carbocycles. The maximum Gasteiger partial charge on any atom is 0.251 e. The van der Waals surface area contributed by atoms with E-state index in [0.717, 1.165) is 30.5 Å². The number of amides is 1. The normalized spacial score (nSPS) is 17.1. The molecule has 1 amide bonds. The van der Waals surface area contributed by atoms with E-state index in [2.05, 4.69) is 29.3 Å². The van der Waals surface area contributed by atoms with Gasteiger partial charge in [0.05, 0.1) is 13.7 Å². The van der Waals surface area contributed by atoms with E-state index in [0.29, 0.717) is 18.7 Å². The third kappa shape index (κ3) is 5.99. The van der Waals surface area contributed by atoms with Crippen molar-refractivity contribution in [2.45, 2.75) is 26.3 Å². The van der Waals surface area contributed by atoms with E-state index in [-0.39, 0.29) is 5.91 Å². The van der Waals surface area contributed by atoms with Crippen LogP contribution in [0.5, 0.6) is 11.5 Å². The van der Waals surface area contributed by atoms with Crippen molar-refractivity contribution in [1.29, 1.82) is 0 Å². The first-order valence-corrected chi connectivity index (χ1v) is 10.0. The van der Waals surface area contributed by atoms with E-state index >= 15 is 0 Å².